The van der Waals surface area contributed by atoms with Crippen molar-refractivity contribution in [3.8, 4) is 0 Å². The summed E-state index contributed by atoms with van der Waals surface area (Å²) in [4.78, 5) is 31.5. The van der Waals surface area contributed by atoms with Gasteiger partial charge in [-0.1, -0.05) is 0 Å². The minimum Gasteiger partial charge on any atom is -0.481 e. The van der Waals surface area contributed by atoms with Gasteiger partial charge >= 0.3 is 11.9 Å². The molecule has 1 aliphatic rings. The van der Waals surface area contributed by atoms with Crippen LogP contribution in [0.2, 0.25) is 0 Å². The molecular weight excluding hydrogens is 275 g/mol. The molecule has 2 atom stereocenters. The van der Waals surface area contributed by atoms with Crippen LogP contribution >= 0.6 is 7.37 Å². The molecule has 0 amide bonds. The molecule has 8 heteroatoms. The Hall–Kier alpha value is -0.910. The van der Waals surface area contributed by atoms with Crippen LogP contribution in [0.25, 0.3) is 0 Å². The molecule has 1 saturated heterocycles. The predicted molar refractivity (Wildman–Crippen MR) is 66.5 cm³/mol. The summed E-state index contributed by atoms with van der Waals surface area (Å²) < 4.78 is 17.3. The first-order valence-electron chi connectivity index (χ1n) is 6.17. The number of aliphatic carboxylic acids is 2. The minimum atomic E-state index is -3.59. The van der Waals surface area contributed by atoms with E-state index in [4.69, 9.17) is 14.9 Å². The minimum absolute atomic E-state index is 0.127. The number of hydrogen-bond acceptors (Lipinski definition) is 4. The molecule has 19 heavy (non-hydrogen) atoms. The second-order valence-electron chi connectivity index (χ2n) is 4.75. The van der Waals surface area contributed by atoms with Gasteiger partial charge in [-0.25, -0.2) is 0 Å². The number of carboxylic acids is 2. The number of carbonyl (C=O) groups is 2. The Morgan fingerprint density at radius 3 is 2.32 bits per heavy atom. The van der Waals surface area contributed by atoms with Gasteiger partial charge in [0, 0.05) is 31.5 Å². The Morgan fingerprint density at radius 2 is 1.84 bits per heavy atom. The average Bonchev–Trinajstić information content (AvgIpc) is 2.35. The van der Waals surface area contributed by atoms with Crippen molar-refractivity contribution in [2.24, 2.45) is 5.92 Å². The van der Waals surface area contributed by atoms with E-state index < -0.39 is 30.9 Å². The second kappa shape index (κ2) is 7.03. The molecule has 1 rings (SSSR count). The fraction of sp³-hybridized carbons (Fsp3) is 0.818. The van der Waals surface area contributed by atoms with Crippen molar-refractivity contribution >= 4 is 19.3 Å². The van der Waals surface area contributed by atoms with Crippen LogP contribution in [0, 0.1) is 5.92 Å². The van der Waals surface area contributed by atoms with Crippen molar-refractivity contribution in [1.29, 1.82) is 0 Å². The first kappa shape index (κ1) is 16.1. The summed E-state index contributed by atoms with van der Waals surface area (Å²) in [6.45, 7) is 0.810. The Kier molecular flexibility index (Phi) is 5.97. The first-order chi connectivity index (χ1) is 8.83. The third kappa shape index (κ3) is 5.30. The summed E-state index contributed by atoms with van der Waals surface area (Å²) in [6, 6.07) is 0. The maximum Gasteiger partial charge on any atom is 0.307 e. The van der Waals surface area contributed by atoms with Crippen molar-refractivity contribution in [2.75, 3.05) is 19.4 Å². The van der Waals surface area contributed by atoms with Crippen LogP contribution in [0.3, 0.4) is 0 Å². The van der Waals surface area contributed by atoms with Crippen molar-refractivity contribution in [3.05, 3.63) is 0 Å². The third-order valence-corrected chi connectivity index (χ3v) is 5.92. The van der Waals surface area contributed by atoms with E-state index in [1.807, 2.05) is 0 Å². The summed E-state index contributed by atoms with van der Waals surface area (Å²) in [5, 5.41) is 17.5. The Morgan fingerprint density at radius 1 is 1.26 bits per heavy atom. The molecule has 110 valence electrons. The molecule has 0 radical (unpaired) electrons. The fourth-order valence-corrected chi connectivity index (χ4v) is 4.43. The van der Waals surface area contributed by atoms with Gasteiger partial charge in [-0.05, 0) is 19.3 Å². The summed E-state index contributed by atoms with van der Waals surface area (Å²) in [5.74, 6) is -3.41. The highest BCUT2D eigenvalue weighted by Gasteiger charge is 2.36. The average molecular weight is 294 g/mol. The lowest BCUT2D eigenvalue weighted by Crippen LogP contribution is -2.26. The monoisotopic (exact) mass is 294 g/mol. The first-order valence-corrected chi connectivity index (χ1v) is 8.08. The van der Waals surface area contributed by atoms with E-state index in [1.54, 1.807) is 0 Å². The van der Waals surface area contributed by atoms with Gasteiger partial charge < -0.3 is 19.8 Å². The zero-order valence-corrected chi connectivity index (χ0v) is 11.4. The van der Waals surface area contributed by atoms with E-state index in [2.05, 4.69) is 0 Å². The van der Waals surface area contributed by atoms with E-state index in [0.717, 1.165) is 0 Å². The van der Waals surface area contributed by atoms with E-state index in [-0.39, 0.29) is 19.0 Å². The Bertz CT molecular complexity index is 375. The maximum atomic E-state index is 12.2. The fourth-order valence-electron chi connectivity index (χ4n) is 2.14. The van der Waals surface area contributed by atoms with Gasteiger partial charge in [0.25, 0.3) is 0 Å². The van der Waals surface area contributed by atoms with Crippen LogP contribution in [-0.2, 0) is 18.9 Å². The number of rotatable bonds is 7. The molecule has 0 aromatic rings. The molecule has 1 aliphatic heterocycles. The highest BCUT2D eigenvalue weighted by Crippen LogP contribution is 2.52. The molecule has 0 bridgehead atoms. The van der Waals surface area contributed by atoms with Gasteiger partial charge in [-0.2, -0.15) is 0 Å². The smallest absolute Gasteiger partial charge is 0.307 e. The zero-order chi connectivity index (χ0) is 14.5. The van der Waals surface area contributed by atoms with Crippen LogP contribution in [0.15, 0.2) is 0 Å². The van der Waals surface area contributed by atoms with Gasteiger partial charge in [0.2, 0.25) is 7.37 Å². The molecular formula is C11H19O7P. The van der Waals surface area contributed by atoms with Crippen LogP contribution in [0.1, 0.15) is 25.7 Å². The van der Waals surface area contributed by atoms with Crippen molar-refractivity contribution < 1.29 is 34.0 Å². The van der Waals surface area contributed by atoms with E-state index in [1.165, 1.54) is 0 Å². The quantitative estimate of drug-likeness (QED) is 0.599. The molecule has 0 spiro atoms. The second-order valence-corrected chi connectivity index (χ2v) is 7.36. The van der Waals surface area contributed by atoms with Crippen molar-refractivity contribution in [2.45, 2.75) is 31.3 Å². The number of ether oxygens (including phenoxy) is 1. The highest BCUT2D eigenvalue weighted by atomic mass is 31.2. The summed E-state index contributed by atoms with van der Waals surface area (Å²) in [7, 11) is -3.59. The Balaban J connectivity index is 2.62. The van der Waals surface area contributed by atoms with Gasteiger partial charge in [0.15, 0.2) is 0 Å². The highest BCUT2D eigenvalue weighted by molar-refractivity contribution is 7.58. The molecule has 1 fully saturated rings. The topological polar surface area (TPSA) is 121 Å². The zero-order valence-electron chi connectivity index (χ0n) is 10.5. The maximum absolute atomic E-state index is 12.2. The molecule has 2 unspecified atom stereocenters. The van der Waals surface area contributed by atoms with Gasteiger partial charge in [-0.15, -0.1) is 0 Å². The molecule has 1 heterocycles. The lowest BCUT2D eigenvalue weighted by Gasteiger charge is -2.28. The third-order valence-electron chi connectivity index (χ3n) is 3.30. The molecule has 7 nitrogen and oxygen atoms in total. The standard InChI is InChI=1S/C11H19O7P/c12-10(13)2-1-8(11(14)15)7-19(16,17)9-3-5-18-6-4-9/h8-9H,1-7H2,(H,12,13)(H,14,15)(H,16,17). The van der Waals surface area contributed by atoms with Crippen molar-refractivity contribution in [1.82, 2.24) is 0 Å². The van der Waals surface area contributed by atoms with Crippen LogP contribution in [0.5, 0.6) is 0 Å². The van der Waals surface area contributed by atoms with E-state index in [9.17, 15) is 19.0 Å². The molecule has 0 aromatic heterocycles. The van der Waals surface area contributed by atoms with Crippen LogP contribution < -0.4 is 0 Å². The SMILES string of the molecule is O=C(O)CCC(CP(=O)(O)C1CCOCC1)C(=O)O. The van der Waals surface area contributed by atoms with E-state index in [0.29, 0.717) is 26.1 Å². The normalized spacial score (nSPS) is 21.5. The largest absolute Gasteiger partial charge is 0.481 e. The molecule has 0 saturated carbocycles. The predicted octanol–water partition coefficient (Wildman–Crippen LogP) is 1.00. The van der Waals surface area contributed by atoms with Crippen LogP contribution in [0.4, 0.5) is 0 Å². The van der Waals surface area contributed by atoms with Crippen LogP contribution in [-0.4, -0.2) is 52.1 Å². The van der Waals surface area contributed by atoms with E-state index >= 15 is 0 Å². The van der Waals surface area contributed by atoms with Gasteiger partial charge in [0.1, 0.15) is 0 Å². The lowest BCUT2D eigenvalue weighted by atomic mass is 10.1. The molecule has 0 aliphatic carbocycles. The summed E-state index contributed by atoms with van der Waals surface area (Å²) >= 11 is 0. The number of hydrogen-bond donors (Lipinski definition) is 3. The van der Waals surface area contributed by atoms with Crippen molar-refractivity contribution in [3.63, 3.8) is 0 Å². The van der Waals surface area contributed by atoms with Gasteiger partial charge in [-0.3, -0.25) is 14.2 Å². The summed E-state index contributed by atoms with van der Waals surface area (Å²) in [6.07, 6.45) is 0.0849. The molecule has 3 N–H and O–H groups in total. The van der Waals surface area contributed by atoms with Gasteiger partial charge in [0.05, 0.1) is 5.92 Å². The Labute approximate surface area is 111 Å². The lowest BCUT2D eigenvalue weighted by molar-refractivity contribution is -0.142. The molecule has 0 aromatic carbocycles. The summed E-state index contributed by atoms with van der Waals surface area (Å²) in [5.41, 5.74) is -0.437. The number of carboxylic acid groups (broad SMARTS) is 2.